The number of sulfonamides is 1. The molecule has 7 nitrogen and oxygen atoms in total. The van der Waals surface area contributed by atoms with Crippen LogP contribution in [-0.2, 0) is 24.3 Å². The number of allylic oxidation sites excluding steroid dienone is 1. The van der Waals surface area contributed by atoms with E-state index in [0.717, 1.165) is 17.0 Å². The van der Waals surface area contributed by atoms with Crippen molar-refractivity contribution in [3.63, 3.8) is 0 Å². The fraction of sp³-hybridized carbons (Fsp3) is 0.545. The number of carbonyl (C=O) groups is 2. The zero-order valence-corrected chi connectivity index (χ0v) is 20.1. The Morgan fingerprint density at radius 2 is 1.82 bits per heavy atom. The largest absolute Gasteiger partial charge is 0.421 e. The average molecular weight is 521 g/mol. The summed E-state index contributed by atoms with van der Waals surface area (Å²) in [6.07, 6.45) is -4.95. The first-order valence-electron chi connectivity index (χ1n) is 10.7. The molecule has 2 atom stereocenters. The predicted octanol–water partition coefficient (Wildman–Crippen LogP) is 3.58. The summed E-state index contributed by atoms with van der Waals surface area (Å²) in [6.45, 7) is 3.65. The second-order valence-corrected chi connectivity index (χ2v) is 11.7. The molecule has 0 spiro atoms. The highest BCUT2D eigenvalue weighted by atomic mass is 35.5. The Bertz CT molecular complexity index is 1160. The van der Waals surface area contributed by atoms with Crippen molar-refractivity contribution in [3.05, 3.63) is 40.6 Å². The second-order valence-electron chi connectivity index (χ2n) is 9.62. The molecule has 0 unspecified atom stereocenters. The molecular formula is C22H24ClF3N2O5S. The van der Waals surface area contributed by atoms with E-state index in [-0.39, 0.29) is 30.1 Å². The summed E-state index contributed by atoms with van der Waals surface area (Å²) in [4.78, 5) is 27.1. The molecule has 4 rings (SSSR count). The SMILES string of the molecule is CC1(C)CC(=O)C2=C(C1)N(C[C@@H]1CCCO1)C(=O)[C@]2(NS(=O)(=O)c1ccc(Cl)cc1)C(F)(F)F. The van der Waals surface area contributed by atoms with E-state index in [4.69, 9.17) is 16.3 Å². The maximum absolute atomic E-state index is 14.8. The Hall–Kier alpha value is -1.95. The molecule has 3 aliphatic rings. The zero-order valence-electron chi connectivity index (χ0n) is 18.5. The smallest absolute Gasteiger partial charge is 0.376 e. The van der Waals surface area contributed by atoms with E-state index in [1.165, 1.54) is 12.1 Å². The number of nitrogens with zero attached hydrogens (tertiary/aromatic N) is 1. The molecule has 1 aliphatic carbocycles. The van der Waals surface area contributed by atoms with Gasteiger partial charge in [0.05, 0.1) is 23.1 Å². The van der Waals surface area contributed by atoms with Gasteiger partial charge in [0.25, 0.3) is 5.91 Å². The number of ether oxygens (including phenoxy) is 1. The third-order valence-electron chi connectivity index (χ3n) is 6.37. The van der Waals surface area contributed by atoms with E-state index in [2.05, 4.69) is 0 Å². The molecule has 186 valence electrons. The van der Waals surface area contributed by atoms with Gasteiger partial charge < -0.3 is 9.64 Å². The number of nitrogens with one attached hydrogen (secondary N) is 1. The zero-order chi connectivity index (χ0) is 25.1. The fourth-order valence-corrected chi connectivity index (χ4v) is 6.30. The highest BCUT2D eigenvalue weighted by Crippen LogP contribution is 2.52. The van der Waals surface area contributed by atoms with Crippen LogP contribution in [0.5, 0.6) is 0 Å². The van der Waals surface area contributed by atoms with E-state index >= 15 is 0 Å². The second kappa shape index (κ2) is 8.32. The number of hydrogen-bond acceptors (Lipinski definition) is 5. The first kappa shape index (κ1) is 25.2. The summed E-state index contributed by atoms with van der Waals surface area (Å²) in [6, 6.07) is 4.46. The van der Waals surface area contributed by atoms with Crippen LogP contribution in [0, 0.1) is 5.41 Å². The maximum atomic E-state index is 14.8. The molecule has 1 saturated heterocycles. The average Bonchev–Trinajstić information content (AvgIpc) is 3.28. The number of rotatable bonds is 5. The molecule has 0 saturated carbocycles. The van der Waals surface area contributed by atoms with Gasteiger partial charge in [-0.05, 0) is 48.9 Å². The van der Waals surface area contributed by atoms with E-state index in [1.807, 2.05) is 0 Å². The number of benzene rings is 1. The van der Waals surface area contributed by atoms with Crippen LogP contribution < -0.4 is 4.72 Å². The van der Waals surface area contributed by atoms with Crippen LogP contribution in [0.2, 0.25) is 5.02 Å². The van der Waals surface area contributed by atoms with Crippen molar-refractivity contribution in [2.24, 2.45) is 5.41 Å². The van der Waals surface area contributed by atoms with Gasteiger partial charge in [0.2, 0.25) is 15.6 Å². The molecule has 0 radical (unpaired) electrons. The summed E-state index contributed by atoms with van der Waals surface area (Å²) in [5.41, 5.74) is -5.38. The van der Waals surface area contributed by atoms with Crippen molar-refractivity contribution in [3.8, 4) is 0 Å². The Balaban J connectivity index is 1.88. The number of Topliss-reactive ketones (excluding diaryl/α,β-unsaturated/α-hetero) is 1. The summed E-state index contributed by atoms with van der Waals surface area (Å²) in [5.74, 6) is -2.45. The Morgan fingerprint density at radius 1 is 1.18 bits per heavy atom. The topological polar surface area (TPSA) is 92.8 Å². The van der Waals surface area contributed by atoms with Crippen LogP contribution in [0.1, 0.15) is 39.5 Å². The van der Waals surface area contributed by atoms with Crippen LogP contribution in [0.4, 0.5) is 13.2 Å². The molecule has 1 fully saturated rings. The monoisotopic (exact) mass is 520 g/mol. The minimum atomic E-state index is -5.42. The molecule has 1 N–H and O–H groups in total. The Labute approximate surface area is 200 Å². The summed E-state index contributed by atoms with van der Waals surface area (Å²) >= 11 is 5.77. The first-order chi connectivity index (χ1) is 15.7. The van der Waals surface area contributed by atoms with Gasteiger partial charge in [-0.3, -0.25) is 9.59 Å². The molecule has 1 aromatic carbocycles. The number of alkyl halides is 3. The lowest BCUT2D eigenvalue weighted by atomic mass is 9.72. The van der Waals surface area contributed by atoms with Crippen molar-refractivity contribution in [1.82, 2.24) is 9.62 Å². The molecule has 0 bridgehead atoms. The third-order valence-corrected chi connectivity index (χ3v) is 8.09. The molecule has 2 aliphatic heterocycles. The molecule has 12 heteroatoms. The lowest BCUT2D eigenvalue weighted by molar-refractivity contribution is -0.189. The predicted molar refractivity (Wildman–Crippen MR) is 116 cm³/mol. The lowest BCUT2D eigenvalue weighted by Crippen LogP contribution is -2.66. The summed E-state index contributed by atoms with van der Waals surface area (Å²) < 4.78 is 77.6. The van der Waals surface area contributed by atoms with Crippen LogP contribution >= 0.6 is 11.6 Å². The van der Waals surface area contributed by atoms with Gasteiger partial charge in [-0.15, -0.1) is 0 Å². The molecule has 34 heavy (non-hydrogen) atoms. The van der Waals surface area contributed by atoms with Gasteiger partial charge in [0, 0.05) is 23.7 Å². The van der Waals surface area contributed by atoms with Crippen LogP contribution in [0.25, 0.3) is 0 Å². The van der Waals surface area contributed by atoms with E-state index < -0.39 is 55.4 Å². The van der Waals surface area contributed by atoms with E-state index in [9.17, 15) is 31.2 Å². The standard InChI is InChI=1S/C22H24ClF3N2O5S/c1-20(2)10-16-18(17(29)11-20)21(22(24,25)26,19(30)28(16)12-14-4-3-9-33-14)27-34(31,32)15-7-5-13(23)6-8-15/h5-8,14,27H,3-4,9-12H2,1-2H3/t14-,21-/m0/s1. The van der Waals surface area contributed by atoms with E-state index in [1.54, 1.807) is 18.6 Å². The number of amides is 1. The highest BCUT2D eigenvalue weighted by molar-refractivity contribution is 7.89. The lowest BCUT2D eigenvalue weighted by Gasteiger charge is -2.35. The summed E-state index contributed by atoms with van der Waals surface area (Å²) in [7, 11) is -4.88. The summed E-state index contributed by atoms with van der Waals surface area (Å²) in [5, 5.41) is 0.179. The fourth-order valence-electron chi connectivity index (χ4n) is 4.85. The molecular weight excluding hydrogens is 497 g/mol. The highest BCUT2D eigenvalue weighted by Gasteiger charge is 2.72. The van der Waals surface area contributed by atoms with Crippen LogP contribution in [-0.4, -0.2) is 56.0 Å². The number of carbonyl (C=O) groups excluding carboxylic acids is 2. The molecule has 2 heterocycles. The van der Waals surface area contributed by atoms with Gasteiger partial charge >= 0.3 is 6.18 Å². The minimum Gasteiger partial charge on any atom is -0.376 e. The number of ketones is 1. The van der Waals surface area contributed by atoms with Gasteiger partial charge in [-0.25, -0.2) is 8.42 Å². The van der Waals surface area contributed by atoms with Gasteiger partial charge in [0.15, 0.2) is 5.78 Å². The van der Waals surface area contributed by atoms with Crippen molar-refractivity contribution in [2.75, 3.05) is 13.2 Å². The quantitative estimate of drug-likeness (QED) is 0.640. The minimum absolute atomic E-state index is 0.00698. The maximum Gasteiger partial charge on any atom is 0.421 e. The number of halogens is 4. The third kappa shape index (κ3) is 4.16. The van der Waals surface area contributed by atoms with Crippen molar-refractivity contribution < 1.29 is 35.9 Å². The molecule has 1 aromatic rings. The van der Waals surface area contributed by atoms with Gasteiger partial charge in [-0.2, -0.15) is 17.9 Å². The van der Waals surface area contributed by atoms with Crippen LogP contribution in [0.3, 0.4) is 0 Å². The van der Waals surface area contributed by atoms with Gasteiger partial charge in [0.1, 0.15) is 0 Å². The van der Waals surface area contributed by atoms with Crippen molar-refractivity contribution in [2.45, 2.75) is 62.2 Å². The van der Waals surface area contributed by atoms with Crippen molar-refractivity contribution >= 4 is 33.3 Å². The van der Waals surface area contributed by atoms with Crippen LogP contribution in [0.15, 0.2) is 40.4 Å². The van der Waals surface area contributed by atoms with E-state index in [0.29, 0.717) is 19.4 Å². The van der Waals surface area contributed by atoms with Gasteiger partial charge in [-0.1, -0.05) is 25.4 Å². The molecule has 0 aromatic heterocycles. The first-order valence-corrected chi connectivity index (χ1v) is 12.6. The number of hydrogen-bond donors (Lipinski definition) is 1. The van der Waals surface area contributed by atoms with Crippen molar-refractivity contribution in [1.29, 1.82) is 0 Å². The Morgan fingerprint density at radius 3 is 2.38 bits per heavy atom. The normalized spacial score (nSPS) is 27.5. The Kier molecular flexibility index (Phi) is 6.16. The molecule has 1 amide bonds.